The third kappa shape index (κ3) is 2.31. The summed E-state index contributed by atoms with van der Waals surface area (Å²) in [5.74, 6) is 1.04. The van der Waals surface area contributed by atoms with E-state index < -0.39 is 0 Å². The van der Waals surface area contributed by atoms with Gasteiger partial charge in [0.05, 0.1) is 6.61 Å². The molecule has 0 amide bonds. The zero-order valence-electron chi connectivity index (χ0n) is 6.83. The maximum atomic E-state index is 8.74. The molecule has 0 saturated carbocycles. The monoisotopic (exact) mass is 156 g/mol. The van der Waals surface area contributed by atoms with Crippen molar-refractivity contribution in [3.05, 3.63) is 12.7 Å². The molecule has 0 aliphatic carbocycles. The second-order valence-corrected chi connectivity index (χ2v) is 3.04. The summed E-state index contributed by atoms with van der Waals surface area (Å²) in [7, 11) is 0. The minimum absolute atomic E-state index is 0.262. The van der Waals surface area contributed by atoms with Crippen molar-refractivity contribution < 1.29 is 9.84 Å². The summed E-state index contributed by atoms with van der Waals surface area (Å²) in [6.45, 7) is 5.68. The lowest BCUT2D eigenvalue weighted by atomic mass is 9.86. The van der Waals surface area contributed by atoms with E-state index in [9.17, 15) is 0 Å². The zero-order valence-corrected chi connectivity index (χ0v) is 6.83. The van der Waals surface area contributed by atoms with Crippen molar-refractivity contribution in [2.45, 2.75) is 12.8 Å². The molecule has 64 valence electrons. The highest BCUT2D eigenvalue weighted by atomic mass is 16.5. The van der Waals surface area contributed by atoms with E-state index in [0.29, 0.717) is 11.8 Å². The predicted molar refractivity (Wildman–Crippen MR) is 44.3 cm³/mol. The molecule has 1 aliphatic rings. The fraction of sp³-hybridized carbons (Fsp3) is 0.778. The van der Waals surface area contributed by atoms with E-state index in [1.54, 1.807) is 0 Å². The molecule has 1 N–H and O–H groups in total. The molecule has 0 aromatic rings. The Hall–Kier alpha value is -0.340. The molecule has 2 heteroatoms. The van der Waals surface area contributed by atoms with Gasteiger partial charge in [0.2, 0.25) is 0 Å². The summed E-state index contributed by atoms with van der Waals surface area (Å²) < 4.78 is 5.31. The first-order valence-electron chi connectivity index (χ1n) is 4.19. The smallest absolute Gasteiger partial charge is 0.0500 e. The first kappa shape index (κ1) is 8.75. The van der Waals surface area contributed by atoms with Crippen LogP contribution in [0, 0.1) is 11.8 Å². The van der Waals surface area contributed by atoms with Gasteiger partial charge in [0.1, 0.15) is 0 Å². The molecule has 0 bridgehead atoms. The molecule has 2 atom stereocenters. The fourth-order valence-electron chi connectivity index (χ4n) is 1.59. The number of aliphatic hydroxyl groups excluding tert-OH is 1. The van der Waals surface area contributed by atoms with Crippen LogP contribution in [0.25, 0.3) is 0 Å². The molecule has 1 rings (SSSR count). The van der Waals surface area contributed by atoms with E-state index >= 15 is 0 Å². The highest BCUT2D eigenvalue weighted by Gasteiger charge is 2.22. The van der Waals surface area contributed by atoms with Crippen molar-refractivity contribution in [2.24, 2.45) is 11.8 Å². The Morgan fingerprint density at radius 1 is 1.64 bits per heavy atom. The van der Waals surface area contributed by atoms with Crippen molar-refractivity contribution in [1.82, 2.24) is 0 Å². The molecule has 1 heterocycles. The van der Waals surface area contributed by atoms with Crippen molar-refractivity contribution in [3.8, 4) is 0 Å². The zero-order chi connectivity index (χ0) is 8.10. The molecule has 2 nitrogen and oxygen atoms in total. The molecule has 2 unspecified atom stereocenters. The Bertz CT molecular complexity index is 121. The second-order valence-electron chi connectivity index (χ2n) is 3.04. The Labute approximate surface area is 67.9 Å². The van der Waals surface area contributed by atoms with Crippen LogP contribution in [-0.2, 0) is 4.74 Å². The normalized spacial score (nSPS) is 31.7. The van der Waals surface area contributed by atoms with E-state index in [1.165, 1.54) is 0 Å². The van der Waals surface area contributed by atoms with E-state index in [0.717, 1.165) is 26.1 Å². The van der Waals surface area contributed by atoms with E-state index in [-0.39, 0.29) is 6.61 Å². The van der Waals surface area contributed by atoms with Crippen molar-refractivity contribution in [2.75, 3.05) is 19.8 Å². The topological polar surface area (TPSA) is 29.5 Å². The van der Waals surface area contributed by atoms with Crippen LogP contribution in [0.3, 0.4) is 0 Å². The van der Waals surface area contributed by atoms with Crippen LogP contribution in [0.2, 0.25) is 0 Å². The van der Waals surface area contributed by atoms with Gasteiger partial charge in [-0.25, -0.2) is 0 Å². The van der Waals surface area contributed by atoms with Crippen LogP contribution in [-0.4, -0.2) is 24.9 Å². The summed E-state index contributed by atoms with van der Waals surface area (Å²) >= 11 is 0. The minimum atomic E-state index is 0.262. The van der Waals surface area contributed by atoms with E-state index in [4.69, 9.17) is 9.84 Å². The summed E-state index contributed by atoms with van der Waals surface area (Å²) in [5.41, 5.74) is 0. The lowest BCUT2D eigenvalue weighted by molar-refractivity contribution is 0.0214. The number of ether oxygens (including phenoxy) is 1. The quantitative estimate of drug-likeness (QED) is 0.622. The van der Waals surface area contributed by atoms with Gasteiger partial charge in [0.25, 0.3) is 0 Å². The van der Waals surface area contributed by atoms with Gasteiger partial charge in [-0.1, -0.05) is 6.08 Å². The number of aliphatic hydroxyl groups is 1. The molecule has 0 spiro atoms. The predicted octanol–water partition coefficient (Wildman–Crippen LogP) is 1.21. The summed E-state index contributed by atoms with van der Waals surface area (Å²) in [5, 5.41) is 8.74. The van der Waals surface area contributed by atoms with Gasteiger partial charge in [0.15, 0.2) is 0 Å². The molecule has 0 aromatic heterocycles. The van der Waals surface area contributed by atoms with Crippen LogP contribution >= 0.6 is 0 Å². The highest BCUT2D eigenvalue weighted by Crippen LogP contribution is 2.24. The maximum Gasteiger partial charge on any atom is 0.0500 e. The van der Waals surface area contributed by atoms with Gasteiger partial charge >= 0.3 is 0 Å². The van der Waals surface area contributed by atoms with Crippen LogP contribution in [0.4, 0.5) is 0 Å². The number of allylic oxidation sites excluding steroid dienone is 1. The van der Waals surface area contributed by atoms with E-state index in [2.05, 4.69) is 6.58 Å². The van der Waals surface area contributed by atoms with Crippen LogP contribution < -0.4 is 0 Å². The molecule has 1 fully saturated rings. The standard InChI is InChI=1S/C9H16O2/c1-2-8-4-6-11-7-9(8)3-5-10/h2,8-10H,1,3-7H2. The lowest BCUT2D eigenvalue weighted by Gasteiger charge is -2.28. The van der Waals surface area contributed by atoms with E-state index in [1.807, 2.05) is 6.08 Å². The van der Waals surface area contributed by atoms with Gasteiger partial charge in [-0.15, -0.1) is 6.58 Å². The number of hydrogen-bond acceptors (Lipinski definition) is 2. The fourth-order valence-corrected chi connectivity index (χ4v) is 1.59. The third-order valence-electron chi connectivity index (χ3n) is 2.34. The van der Waals surface area contributed by atoms with Gasteiger partial charge in [-0.05, 0) is 24.7 Å². The molecule has 0 radical (unpaired) electrons. The largest absolute Gasteiger partial charge is 0.396 e. The van der Waals surface area contributed by atoms with Gasteiger partial charge in [0, 0.05) is 13.2 Å². The Kier molecular flexibility index (Phi) is 3.60. The minimum Gasteiger partial charge on any atom is -0.396 e. The first-order chi connectivity index (χ1) is 5.38. The molecular formula is C9H16O2. The average molecular weight is 156 g/mol. The molecule has 0 aromatic carbocycles. The van der Waals surface area contributed by atoms with Crippen molar-refractivity contribution >= 4 is 0 Å². The maximum absolute atomic E-state index is 8.74. The van der Waals surface area contributed by atoms with Gasteiger partial charge in [-0.3, -0.25) is 0 Å². The average Bonchev–Trinajstić information content (AvgIpc) is 2.06. The van der Waals surface area contributed by atoms with Crippen LogP contribution in [0.15, 0.2) is 12.7 Å². The molecular weight excluding hydrogens is 140 g/mol. The van der Waals surface area contributed by atoms with Gasteiger partial charge in [-0.2, -0.15) is 0 Å². The second kappa shape index (κ2) is 4.52. The number of rotatable bonds is 3. The highest BCUT2D eigenvalue weighted by molar-refractivity contribution is 4.86. The molecule has 1 aliphatic heterocycles. The third-order valence-corrected chi connectivity index (χ3v) is 2.34. The van der Waals surface area contributed by atoms with Crippen molar-refractivity contribution in [1.29, 1.82) is 0 Å². The lowest BCUT2D eigenvalue weighted by Crippen LogP contribution is -2.26. The van der Waals surface area contributed by atoms with Crippen molar-refractivity contribution in [3.63, 3.8) is 0 Å². The Balaban J connectivity index is 2.37. The van der Waals surface area contributed by atoms with Crippen LogP contribution in [0.1, 0.15) is 12.8 Å². The Morgan fingerprint density at radius 3 is 3.09 bits per heavy atom. The SMILES string of the molecule is C=CC1CCOCC1CCO. The van der Waals surface area contributed by atoms with Gasteiger partial charge < -0.3 is 9.84 Å². The summed E-state index contributed by atoms with van der Waals surface area (Å²) in [6, 6.07) is 0. The molecule has 1 saturated heterocycles. The molecule has 11 heavy (non-hydrogen) atoms. The summed E-state index contributed by atoms with van der Waals surface area (Å²) in [6.07, 6.45) is 3.90. The Morgan fingerprint density at radius 2 is 2.45 bits per heavy atom. The summed E-state index contributed by atoms with van der Waals surface area (Å²) in [4.78, 5) is 0. The number of hydrogen-bond donors (Lipinski definition) is 1. The first-order valence-corrected chi connectivity index (χ1v) is 4.19. The van der Waals surface area contributed by atoms with Crippen LogP contribution in [0.5, 0.6) is 0 Å².